The molecule has 1 aromatic heterocycles. The minimum absolute atomic E-state index is 0.0407. The van der Waals surface area contributed by atoms with Crippen LogP contribution in [0.4, 0.5) is 0 Å². The first-order valence-electron chi connectivity index (χ1n) is 4.17. The van der Waals surface area contributed by atoms with Crippen LogP contribution in [-0.2, 0) is 5.41 Å². The van der Waals surface area contributed by atoms with Gasteiger partial charge < -0.3 is 0 Å². The first-order chi connectivity index (χ1) is 5.77. The van der Waals surface area contributed by atoms with Gasteiger partial charge in [0.15, 0.2) is 0 Å². The molecule has 0 aromatic carbocycles. The standard InChI is InChI=1S/C11H11N/c1-3-11(4-5-11)10-6-9(2)7-12-8-10/h1,6-8H,4-5H2,2H3. The van der Waals surface area contributed by atoms with Crippen molar-refractivity contribution in [1.29, 1.82) is 0 Å². The van der Waals surface area contributed by atoms with Crippen molar-refractivity contribution in [3.8, 4) is 12.3 Å². The molecule has 1 saturated carbocycles. The number of aromatic nitrogens is 1. The Hall–Kier alpha value is -1.29. The van der Waals surface area contributed by atoms with Crippen LogP contribution in [0.15, 0.2) is 18.5 Å². The van der Waals surface area contributed by atoms with Gasteiger partial charge in [0.25, 0.3) is 0 Å². The Balaban J connectivity index is 2.42. The van der Waals surface area contributed by atoms with E-state index in [1.165, 1.54) is 11.1 Å². The van der Waals surface area contributed by atoms with Gasteiger partial charge in [0.1, 0.15) is 0 Å². The van der Waals surface area contributed by atoms with Gasteiger partial charge in [0, 0.05) is 12.4 Å². The first kappa shape index (κ1) is 7.36. The zero-order valence-corrected chi connectivity index (χ0v) is 7.17. The maximum atomic E-state index is 5.47. The van der Waals surface area contributed by atoms with Crippen molar-refractivity contribution < 1.29 is 0 Å². The number of aryl methyl sites for hydroxylation is 1. The van der Waals surface area contributed by atoms with Crippen molar-refractivity contribution in [3.63, 3.8) is 0 Å². The Morgan fingerprint density at radius 1 is 1.50 bits per heavy atom. The maximum Gasteiger partial charge on any atom is 0.0576 e. The van der Waals surface area contributed by atoms with Crippen LogP contribution in [0.1, 0.15) is 24.0 Å². The van der Waals surface area contributed by atoms with E-state index < -0.39 is 0 Å². The van der Waals surface area contributed by atoms with Crippen LogP contribution in [0.3, 0.4) is 0 Å². The minimum Gasteiger partial charge on any atom is -0.264 e. The average Bonchev–Trinajstić information content (AvgIpc) is 2.84. The quantitative estimate of drug-likeness (QED) is 0.568. The number of hydrogen-bond acceptors (Lipinski definition) is 1. The van der Waals surface area contributed by atoms with Crippen LogP contribution in [0, 0.1) is 19.3 Å². The molecule has 1 fully saturated rings. The predicted molar refractivity (Wildman–Crippen MR) is 48.7 cm³/mol. The van der Waals surface area contributed by atoms with Gasteiger partial charge in [-0.1, -0.05) is 12.0 Å². The van der Waals surface area contributed by atoms with E-state index in [0.717, 1.165) is 12.8 Å². The Bertz CT molecular complexity index is 342. The van der Waals surface area contributed by atoms with E-state index in [-0.39, 0.29) is 5.41 Å². The second-order valence-electron chi connectivity index (χ2n) is 3.48. The molecular weight excluding hydrogens is 146 g/mol. The highest BCUT2D eigenvalue weighted by Gasteiger charge is 2.42. The normalized spacial score (nSPS) is 18.3. The summed E-state index contributed by atoms with van der Waals surface area (Å²) in [6.45, 7) is 2.04. The van der Waals surface area contributed by atoms with Crippen molar-refractivity contribution in [1.82, 2.24) is 4.98 Å². The summed E-state index contributed by atoms with van der Waals surface area (Å²) in [7, 11) is 0. The van der Waals surface area contributed by atoms with Gasteiger partial charge in [0.05, 0.1) is 5.41 Å². The molecule has 1 nitrogen and oxygen atoms in total. The zero-order chi connectivity index (χ0) is 8.60. The fourth-order valence-electron chi connectivity index (χ4n) is 1.46. The summed E-state index contributed by atoms with van der Waals surface area (Å²) >= 11 is 0. The summed E-state index contributed by atoms with van der Waals surface area (Å²) < 4.78 is 0. The molecule has 0 saturated heterocycles. The van der Waals surface area contributed by atoms with Gasteiger partial charge in [-0.25, -0.2) is 0 Å². The highest BCUT2D eigenvalue weighted by Crippen LogP contribution is 2.47. The molecule has 1 heterocycles. The molecule has 0 spiro atoms. The summed E-state index contributed by atoms with van der Waals surface area (Å²) in [6.07, 6.45) is 11.5. The van der Waals surface area contributed by atoms with Crippen LogP contribution >= 0.6 is 0 Å². The number of pyridine rings is 1. The molecule has 1 heteroatoms. The Kier molecular flexibility index (Phi) is 1.44. The third kappa shape index (κ3) is 1.00. The van der Waals surface area contributed by atoms with E-state index >= 15 is 0 Å². The minimum atomic E-state index is 0.0407. The van der Waals surface area contributed by atoms with Crippen molar-refractivity contribution in [2.45, 2.75) is 25.2 Å². The van der Waals surface area contributed by atoms with Crippen LogP contribution in [0.25, 0.3) is 0 Å². The van der Waals surface area contributed by atoms with Gasteiger partial charge in [-0.05, 0) is 30.9 Å². The van der Waals surface area contributed by atoms with Crippen molar-refractivity contribution in [2.24, 2.45) is 0 Å². The molecule has 12 heavy (non-hydrogen) atoms. The van der Waals surface area contributed by atoms with Crippen LogP contribution < -0.4 is 0 Å². The van der Waals surface area contributed by atoms with Gasteiger partial charge in [-0.3, -0.25) is 4.98 Å². The number of hydrogen-bond donors (Lipinski definition) is 0. The number of rotatable bonds is 1. The monoisotopic (exact) mass is 157 g/mol. The second kappa shape index (κ2) is 2.35. The van der Waals surface area contributed by atoms with E-state index in [1.807, 2.05) is 19.3 Å². The zero-order valence-electron chi connectivity index (χ0n) is 7.17. The smallest absolute Gasteiger partial charge is 0.0576 e. The third-order valence-electron chi connectivity index (χ3n) is 2.45. The van der Waals surface area contributed by atoms with E-state index in [1.54, 1.807) is 0 Å². The molecule has 1 aromatic rings. The third-order valence-corrected chi connectivity index (χ3v) is 2.45. The molecule has 1 aliphatic rings. The fraction of sp³-hybridized carbons (Fsp3) is 0.364. The molecule has 0 atom stereocenters. The van der Waals surface area contributed by atoms with Crippen LogP contribution in [-0.4, -0.2) is 4.98 Å². The molecule has 0 unspecified atom stereocenters. The predicted octanol–water partition coefficient (Wildman–Crippen LogP) is 2.05. The highest BCUT2D eigenvalue weighted by molar-refractivity contribution is 5.40. The van der Waals surface area contributed by atoms with Crippen molar-refractivity contribution >= 4 is 0 Å². The Morgan fingerprint density at radius 2 is 2.25 bits per heavy atom. The highest BCUT2D eigenvalue weighted by atomic mass is 14.6. The van der Waals surface area contributed by atoms with E-state index in [0.29, 0.717) is 0 Å². The Labute approximate surface area is 72.8 Å². The number of nitrogens with zero attached hydrogens (tertiary/aromatic N) is 1. The molecule has 60 valence electrons. The van der Waals surface area contributed by atoms with E-state index in [2.05, 4.69) is 17.0 Å². The van der Waals surface area contributed by atoms with Crippen molar-refractivity contribution in [2.75, 3.05) is 0 Å². The molecular formula is C11H11N. The van der Waals surface area contributed by atoms with Crippen molar-refractivity contribution in [3.05, 3.63) is 29.6 Å². The second-order valence-corrected chi connectivity index (χ2v) is 3.48. The number of terminal acetylenes is 1. The average molecular weight is 157 g/mol. The van der Waals surface area contributed by atoms with Crippen LogP contribution in [0.5, 0.6) is 0 Å². The van der Waals surface area contributed by atoms with Gasteiger partial charge >= 0.3 is 0 Å². The lowest BCUT2D eigenvalue weighted by atomic mass is 9.98. The summed E-state index contributed by atoms with van der Waals surface area (Å²) in [5.74, 6) is 2.86. The molecule has 0 radical (unpaired) electrons. The van der Waals surface area contributed by atoms with E-state index in [4.69, 9.17) is 6.42 Å². The largest absolute Gasteiger partial charge is 0.264 e. The molecule has 0 bridgehead atoms. The summed E-state index contributed by atoms with van der Waals surface area (Å²) in [6, 6.07) is 2.14. The van der Waals surface area contributed by atoms with Gasteiger partial charge in [0.2, 0.25) is 0 Å². The first-order valence-corrected chi connectivity index (χ1v) is 4.17. The van der Waals surface area contributed by atoms with Crippen LogP contribution in [0.2, 0.25) is 0 Å². The van der Waals surface area contributed by atoms with Gasteiger partial charge in [-0.2, -0.15) is 0 Å². The lowest BCUT2D eigenvalue weighted by Gasteiger charge is -2.06. The molecule has 0 amide bonds. The van der Waals surface area contributed by atoms with E-state index in [9.17, 15) is 0 Å². The fourth-order valence-corrected chi connectivity index (χ4v) is 1.46. The summed E-state index contributed by atoms with van der Waals surface area (Å²) in [4.78, 5) is 4.14. The molecule has 0 N–H and O–H groups in total. The SMILES string of the molecule is C#CC1(c2cncc(C)c2)CC1. The summed E-state index contributed by atoms with van der Waals surface area (Å²) in [5, 5.41) is 0. The lowest BCUT2D eigenvalue weighted by Crippen LogP contribution is -2.02. The maximum absolute atomic E-state index is 5.47. The topological polar surface area (TPSA) is 12.9 Å². The molecule has 2 rings (SSSR count). The van der Waals surface area contributed by atoms with Gasteiger partial charge in [-0.15, -0.1) is 6.42 Å². The summed E-state index contributed by atoms with van der Waals surface area (Å²) in [5.41, 5.74) is 2.44. The Morgan fingerprint density at radius 3 is 2.75 bits per heavy atom. The molecule has 1 aliphatic carbocycles. The molecule has 0 aliphatic heterocycles. The lowest BCUT2D eigenvalue weighted by molar-refractivity contribution is 0.913.